The fraction of sp³-hybridized carbons (Fsp3) is 0.917. The molecule has 174 valence electrons. The molecule has 0 bridgehead atoms. The molecule has 1 N–H and O–H groups in total. The Morgan fingerprint density at radius 3 is 1.76 bits per heavy atom. The van der Waals surface area contributed by atoms with Crippen molar-refractivity contribution in [1.82, 2.24) is 0 Å². The molecule has 0 spiro atoms. The zero-order valence-electron chi connectivity index (χ0n) is 20.2. The van der Waals surface area contributed by atoms with Crippen molar-refractivity contribution in [2.75, 3.05) is 27.7 Å². The van der Waals surface area contributed by atoms with Crippen molar-refractivity contribution in [1.29, 1.82) is 0 Å². The van der Waals surface area contributed by atoms with Gasteiger partial charge in [-0.25, -0.2) is 0 Å². The molecule has 0 amide bonds. The lowest BCUT2D eigenvalue weighted by Crippen LogP contribution is -2.45. The van der Waals surface area contributed by atoms with Crippen LogP contribution < -0.4 is 0 Å². The van der Waals surface area contributed by atoms with Crippen LogP contribution in [0.2, 0.25) is 0 Å². The van der Waals surface area contributed by atoms with Gasteiger partial charge in [0.25, 0.3) is 0 Å². The SMILES string of the molecule is CCC=CCCCCCCCCCCCCCOP(=O)(O)C(CCC)[N+](C)(C)C. The van der Waals surface area contributed by atoms with Crippen LogP contribution in [0.15, 0.2) is 12.2 Å². The second-order valence-corrected chi connectivity index (χ2v) is 11.3. The molecule has 0 radical (unpaired) electrons. The van der Waals surface area contributed by atoms with Crippen molar-refractivity contribution in [2.24, 2.45) is 0 Å². The summed E-state index contributed by atoms with van der Waals surface area (Å²) in [6, 6.07) is 0. The quantitative estimate of drug-likeness (QED) is 0.0929. The van der Waals surface area contributed by atoms with E-state index in [1.165, 1.54) is 64.2 Å². The van der Waals surface area contributed by atoms with Crippen LogP contribution in [0.1, 0.15) is 110 Å². The third-order valence-electron chi connectivity index (χ3n) is 5.51. The molecule has 29 heavy (non-hydrogen) atoms. The third kappa shape index (κ3) is 16.2. The number of allylic oxidation sites excluding steroid dienone is 2. The predicted octanol–water partition coefficient (Wildman–Crippen LogP) is 7.67. The largest absolute Gasteiger partial charge is 0.385 e. The summed E-state index contributed by atoms with van der Waals surface area (Å²) < 4.78 is 18.6. The van der Waals surface area contributed by atoms with Crippen LogP contribution in [0.4, 0.5) is 0 Å². The Labute approximate surface area is 182 Å². The van der Waals surface area contributed by atoms with Crippen molar-refractivity contribution < 1.29 is 18.5 Å². The molecule has 0 aliphatic carbocycles. The molecule has 0 aromatic rings. The zero-order valence-corrected chi connectivity index (χ0v) is 21.1. The fourth-order valence-electron chi connectivity index (χ4n) is 3.77. The highest BCUT2D eigenvalue weighted by Crippen LogP contribution is 2.51. The van der Waals surface area contributed by atoms with Gasteiger partial charge >= 0.3 is 7.60 Å². The van der Waals surface area contributed by atoms with E-state index in [1.54, 1.807) is 0 Å². The number of hydrogen-bond donors (Lipinski definition) is 1. The lowest BCUT2D eigenvalue weighted by atomic mass is 10.1. The summed E-state index contributed by atoms with van der Waals surface area (Å²) in [5.74, 6) is -0.333. The van der Waals surface area contributed by atoms with Gasteiger partial charge in [0.2, 0.25) is 0 Å². The predicted molar refractivity (Wildman–Crippen MR) is 127 cm³/mol. The molecule has 0 aliphatic rings. The molecule has 0 saturated carbocycles. The molecule has 0 aliphatic heterocycles. The molecule has 5 heteroatoms. The molecular weight excluding hydrogens is 381 g/mol. The van der Waals surface area contributed by atoms with Crippen LogP contribution >= 0.6 is 7.60 Å². The lowest BCUT2D eigenvalue weighted by Gasteiger charge is -2.35. The van der Waals surface area contributed by atoms with E-state index in [4.69, 9.17) is 4.52 Å². The van der Waals surface area contributed by atoms with Crippen LogP contribution in [0.5, 0.6) is 0 Å². The number of unbranched alkanes of at least 4 members (excludes halogenated alkanes) is 11. The highest BCUT2D eigenvalue weighted by atomic mass is 31.2. The Bertz CT molecular complexity index is 446. The van der Waals surface area contributed by atoms with Crippen LogP contribution in [-0.4, -0.2) is 42.9 Å². The van der Waals surface area contributed by atoms with E-state index in [-0.39, 0.29) is 5.78 Å². The molecule has 0 heterocycles. The Hall–Kier alpha value is -0.150. The van der Waals surface area contributed by atoms with E-state index in [2.05, 4.69) is 26.0 Å². The van der Waals surface area contributed by atoms with Crippen molar-refractivity contribution in [3.05, 3.63) is 12.2 Å². The minimum absolute atomic E-state index is 0.333. The maximum absolute atomic E-state index is 12.6. The number of quaternary nitrogens is 1. The van der Waals surface area contributed by atoms with Gasteiger partial charge < -0.3 is 13.9 Å². The summed E-state index contributed by atoms with van der Waals surface area (Å²) in [5.41, 5.74) is 0. The van der Waals surface area contributed by atoms with Gasteiger partial charge in [-0.1, -0.05) is 83.8 Å². The third-order valence-corrected chi connectivity index (χ3v) is 7.77. The van der Waals surface area contributed by atoms with E-state index in [9.17, 15) is 9.46 Å². The van der Waals surface area contributed by atoms with Crippen molar-refractivity contribution in [3.63, 3.8) is 0 Å². The smallest absolute Gasteiger partial charge is 0.320 e. The van der Waals surface area contributed by atoms with E-state index >= 15 is 0 Å². The fourth-order valence-corrected chi connectivity index (χ4v) is 5.79. The van der Waals surface area contributed by atoms with Gasteiger partial charge in [-0.2, -0.15) is 0 Å². The van der Waals surface area contributed by atoms with E-state index in [1.807, 2.05) is 21.1 Å². The normalized spacial score (nSPS) is 15.7. The van der Waals surface area contributed by atoms with Gasteiger partial charge in [-0.3, -0.25) is 4.57 Å². The van der Waals surface area contributed by atoms with Gasteiger partial charge in [0.05, 0.1) is 27.7 Å². The average molecular weight is 433 g/mol. The van der Waals surface area contributed by atoms with Crippen LogP contribution in [-0.2, 0) is 9.09 Å². The first kappa shape index (κ1) is 28.9. The first-order valence-electron chi connectivity index (χ1n) is 12.2. The van der Waals surface area contributed by atoms with Gasteiger partial charge in [-0.05, 0) is 32.1 Å². The van der Waals surface area contributed by atoms with Crippen LogP contribution in [0, 0.1) is 0 Å². The Kier molecular flexibility index (Phi) is 17.4. The summed E-state index contributed by atoms with van der Waals surface area (Å²) in [5, 5.41) is 0. The minimum atomic E-state index is -3.56. The molecule has 2 unspecified atom stereocenters. The van der Waals surface area contributed by atoms with Gasteiger partial charge in [-0.15, -0.1) is 0 Å². The second kappa shape index (κ2) is 17.5. The lowest BCUT2D eigenvalue weighted by molar-refractivity contribution is -0.883. The van der Waals surface area contributed by atoms with E-state index in [0.717, 1.165) is 25.7 Å². The highest BCUT2D eigenvalue weighted by molar-refractivity contribution is 7.53. The maximum Gasteiger partial charge on any atom is 0.385 e. The van der Waals surface area contributed by atoms with E-state index < -0.39 is 7.60 Å². The Morgan fingerprint density at radius 2 is 1.31 bits per heavy atom. The van der Waals surface area contributed by atoms with Crippen LogP contribution in [0.3, 0.4) is 0 Å². The first-order valence-corrected chi connectivity index (χ1v) is 13.8. The molecule has 0 rings (SSSR count). The molecule has 0 fully saturated rings. The Morgan fingerprint density at radius 1 is 0.828 bits per heavy atom. The zero-order chi connectivity index (χ0) is 22.0. The maximum atomic E-state index is 12.6. The summed E-state index contributed by atoms with van der Waals surface area (Å²) >= 11 is 0. The van der Waals surface area contributed by atoms with Gasteiger partial charge in [0.1, 0.15) is 0 Å². The van der Waals surface area contributed by atoms with Gasteiger partial charge in [0.15, 0.2) is 5.78 Å². The molecular formula is C24H51NO3P+. The van der Waals surface area contributed by atoms with Crippen molar-refractivity contribution >= 4 is 7.60 Å². The first-order chi connectivity index (χ1) is 13.8. The average Bonchev–Trinajstić information content (AvgIpc) is 2.64. The topological polar surface area (TPSA) is 46.5 Å². The van der Waals surface area contributed by atoms with Gasteiger partial charge in [0, 0.05) is 6.42 Å². The van der Waals surface area contributed by atoms with Crippen molar-refractivity contribution in [2.45, 2.75) is 116 Å². The summed E-state index contributed by atoms with van der Waals surface area (Å²) in [7, 11) is 2.35. The molecule has 4 nitrogen and oxygen atoms in total. The molecule has 0 aromatic heterocycles. The summed E-state index contributed by atoms with van der Waals surface area (Å²) in [4.78, 5) is 10.4. The molecule has 0 saturated heterocycles. The van der Waals surface area contributed by atoms with Crippen LogP contribution in [0.25, 0.3) is 0 Å². The summed E-state index contributed by atoms with van der Waals surface area (Å²) in [6.45, 7) is 4.64. The highest BCUT2D eigenvalue weighted by Gasteiger charge is 2.41. The minimum Gasteiger partial charge on any atom is -0.320 e. The molecule has 0 aromatic carbocycles. The Balaban J connectivity index is 3.59. The number of nitrogens with zero attached hydrogens (tertiary/aromatic N) is 1. The summed E-state index contributed by atoms with van der Waals surface area (Å²) in [6.07, 6.45) is 22.6. The molecule has 2 atom stereocenters. The second-order valence-electron chi connectivity index (χ2n) is 9.34. The standard InChI is InChI=1S/C24H50NO3P/c1-6-8-9-10-11-12-13-14-15-16-17-18-19-20-21-23-28-29(26,27)24(22-7-2)25(3,4)5/h8-9,24H,6-7,10-23H2,1-5H3/p+1. The monoisotopic (exact) mass is 432 g/mol. The number of rotatable bonds is 20. The van der Waals surface area contributed by atoms with Crippen molar-refractivity contribution in [3.8, 4) is 0 Å². The number of hydrogen-bond acceptors (Lipinski definition) is 2. The van der Waals surface area contributed by atoms with E-state index in [0.29, 0.717) is 17.5 Å².